The van der Waals surface area contributed by atoms with Gasteiger partial charge in [0.05, 0.1) is 13.2 Å². The first-order valence-electron chi connectivity index (χ1n) is 7.34. The van der Waals surface area contributed by atoms with E-state index in [0.29, 0.717) is 6.54 Å². The molecular formula is C18H23NO2. The van der Waals surface area contributed by atoms with Gasteiger partial charge in [0.15, 0.2) is 0 Å². The maximum atomic E-state index is 10.2. The molecule has 0 saturated heterocycles. The first-order valence-corrected chi connectivity index (χ1v) is 7.34. The predicted molar refractivity (Wildman–Crippen MR) is 85.5 cm³/mol. The van der Waals surface area contributed by atoms with Crippen molar-refractivity contribution in [2.75, 3.05) is 13.7 Å². The number of aliphatic hydroxyl groups is 1. The smallest absolute Gasteiger partial charge is 0.119 e. The standard InChI is InChI=1S/C18H23NO2/c1-3-14-7-4-5-8-16(14)12-19-13-18(20)15-9-6-10-17(11-15)21-2/h4-11,18-20H,3,12-13H2,1-2H3. The summed E-state index contributed by atoms with van der Waals surface area (Å²) in [6, 6.07) is 15.9. The Bertz CT molecular complexity index is 569. The second kappa shape index (κ2) is 7.81. The maximum Gasteiger partial charge on any atom is 0.119 e. The van der Waals surface area contributed by atoms with Crippen molar-refractivity contribution in [2.24, 2.45) is 0 Å². The number of aryl methyl sites for hydroxylation is 1. The second-order valence-corrected chi connectivity index (χ2v) is 5.05. The molecule has 2 N–H and O–H groups in total. The molecule has 0 spiro atoms. The zero-order chi connectivity index (χ0) is 15.1. The summed E-state index contributed by atoms with van der Waals surface area (Å²) in [7, 11) is 1.63. The number of rotatable bonds is 7. The third-order valence-corrected chi connectivity index (χ3v) is 3.63. The van der Waals surface area contributed by atoms with Crippen molar-refractivity contribution < 1.29 is 9.84 Å². The quantitative estimate of drug-likeness (QED) is 0.821. The van der Waals surface area contributed by atoms with Gasteiger partial charge in [0.2, 0.25) is 0 Å². The Hall–Kier alpha value is -1.84. The van der Waals surface area contributed by atoms with E-state index in [2.05, 4.69) is 36.5 Å². The monoisotopic (exact) mass is 285 g/mol. The van der Waals surface area contributed by atoms with Gasteiger partial charge in [-0.05, 0) is 35.2 Å². The Morgan fingerprint density at radius 3 is 2.57 bits per heavy atom. The zero-order valence-corrected chi connectivity index (χ0v) is 12.7. The average molecular weight is 285 g/mol. The molecule has 1 atom stereocenters. The number of ether oxygens (including phenoxy) is 1. The Morgan fingerprint density at radius 1 is 1.10 bits per heavy atom. The van der Waals surface area contributed by atoms with Crippen LogP contribution in [0.25, 0.3) is 0 Å². The summed E-state index contributed by atoms with van der Waals surface area (Å²) in [5.74, 6) is 0.767. The average Bonchev–Trinajstić information content (AvgIpc) is 2.55. The fraction of sp³-hybridized carbons (Fsp3) is 0.333. The summed E-state index contributed by atoms with van der Waals surface area (Å²) >= 11 is 0. The number of aliphatic hydroxyl groups excluding tert-OH is 1. The highest BCUT2D eigenvalue weighted by atomic mass is 16.5. The molecular weight excluding hydrogens is 262 g/mol. The van der Waals surface area contributed by atoms with E-state index in [4.69, 9.17) is 4.74 Å². The largest absolute Gasteiger partial charge is 0.497 e. The topological polar surface area (TPSA) is 41.5 Å². The molecule has 0 radical (unpaired) electrons. The van der Waals surface area contributed by atoms with Gasteiger partial charge in [-0.1, -0.05) is 43.3 Å². The van der Waals surface area contributed by atoms with E-state index >= 15 is 0 Å². The highest BCUT2D eigenvalue weighted by molar-refractivity contribution is 5.30. The van der Waals surface area contributed by atoms with Gasteiger partial charge in [0.1, 0.15) is 5.75 Å². The molecule has 0 aliphatic carbocycles. The molecule has 0 heterocycles. The van der Waals surface area contributed by atoms with Gasteiger partial charge < -0.3 is 15.2 Å². The number of hydrogen-bond acceptors (Lipinski definition) is 3. The van der Waals surface area contributed by atoms with Crippen molar-refractivity contribution in [3.63, 3.8) is 0 Å². The van der Waals surface area contributed by atoms with Gasteiger partial charge in [0.25, 0.3) is 0 Å². The van der Waals surface area contributed by atoms with Crippen LogP contribution < -0.4 is 10.1 Å². The van der Waals surface area contributed by atoms with Crippen LogP contribution in [-0.2, 0) is 13.0 Å². The second-order valence-electron chi connectivity index (χ2n) is 5.05. The van der Waals surface area contributed by atoms with Gasteiger partial charge in [-0.3, -0.25) is 0 Å². The lowest BCUT2D eigenvalue weighted by Gasteiger charge is -2.14. The first-order chi connectivity index (χ1) is 10.2. The summed E-state index contributed by atoms with van der Waals surface area (Å²) in [5.41, 5.74) is 3.50. The lowest BCUT2D eigenvalue weighted by molar-refractivity contribution is 0.174. The summed E-state index contributed by atoms with van der Waals surface area (Å²) < 4.78 is 5.18. The van der Waals surface area contributed by atoms with Crippen molar-refractivity contribution >= 4 is 0 Å². The molecule has 0 aliphatic heterocycles. The molecule has 2 aromatic carbocycles. The van der Waals surface area contributed by atoms with E-state index in [1.54, 1.807) is 7.11 Å². The third-order valence-electron chi connectivity index (χ3n) is 3.63. The molecule has 0 saturated carbocycles. The van der Waals surface area contributed by atoms with Crippen LogP contribution in [0.3, 0.4) is 0 Å². The van der Waals surface area contributed by atoms with E-state index < -0.39 is 6.10 Å². The van der Waals surface area contributed by atoms with Crippen LogP contribution in [0.2, 0.25) is 0 Å². The van der Waals surface area contributed by atoms with Crippen molar-refractivity contribution in [1.29, 1.82) is 0 Å². The number of hydrogen-bond donors (Lipinski definition) is 2. The highest BCUT2D eigenvalue weighted by Gasteiger charge is 2.08. The normalized spacial score (nSPS) is 12.1. The van der Waals surface area contributed by atoms with E-state index in [9.17, 15) is 5.11 Å². The molecule has 2 rings (SSSR count). The lowest BCUT2D eigenvalue weighted by Crippen LogP contribution is -2.21. The van der Waals surface area contributed by atoms with Crippen LogP contribution >= 0.6 is 0 Å². The van der Waals surface area contributed by atoms with Gasteiger partial charge >= 0.3 is 0 Å². The number of methoxy groups -OCH3 is 1. The fourth-order valence-corrected chi connectivity index (χ4v) is 2.39. The molecule has 0 fully saturated rings. The molecule has 0 amide bonds. The Labute approximate surface area is 126 Å². The molecule has 1 unspecified atom stereocenters. The predicted octanol–water partition coefficient (Wildman–Crippen LogP) is 3.08. The van der Waals surface area contributed by atoms with Gasteiger partial charge in [0, 0.05) is 13.1 Å². The van der Waals surface area contributed by atoms with E-state index in [-0.39, 0.29) is 0 Å². The SMILES string of the molecule is CCc1ccccc1CNCC(O)c1cccc(OC)c1. The van der Waals surface area contributed by atoms with Crippen LogP contribution in [0.15, 0.2) is 48.5 Å². The maximum absolute atomic E-state index is 10.2. The van der Waals surface area contributed by atoms with Crippen molar-refractivity contribution in [1.82, 2.24) is 5.32 Å². The molecule has 0 aliphatic rings. The summed E-state index contributed by atoms with van der Waals surface area (Å²) in [6.45, 7) is 3.44. The minimum atomic E-state index is -0.533. The summed E-state index contributed by atoms with van der Waals surface area (Å²) in [5, 5.41) is 13.5. The van der Waals surface area contributed by atoms with Crippen LogP contribution in [0, 0.1) is 0 Å². The minimum Gasteiger partial charge on any atom is -0.497 e. The van der Waals surface area contributed by atoms with Gasteiger partial charge in [-0.25, -0.2) is 0 Å². The Morgan fingerprint density at radius 2 is 1.86 bits per heavy atom. The van der Waals surface area contributed by atoms with E-state index in [1.165, 1.54) is 11.1 Å². The summed E-state index contributed by atoms with van der Waals surface area (Å²) in [4.78, 5) is 0. The van der Waals surface area contributed by atoms with Crippen molar-refractivity contribution in [3.05, 3.63) is 65.2 Å². The lowest BCUT2D eigenvalue weighted by atomic mass is 10.1. The van der Waals surface area contributed by atoms with Crippen LogP contribution in [0.4, 0.5) is 0 Å². The van der Waals surface area contributed by atoms with Crippen molar-refractivity contribution in [2.45, 2.75) is 26.0 Å². The molecule has 2 aromatic rings. The van der Waals surface area contributed by atoms with Crippen LogP contribution in [0.1, 0.15) is 29.7 Å². The van der Waals surface area contributed by atoms with Gasteiger partial charge in [-0.15, -0.1) is 0 Å². The molecule has 112 valence electrons. The first kappa shape index (κ1) is 15.5. The van der Waals surface area contributed by atoms with E-state index in [1.807, 2.05) is 24.3 Å². The number of nitrogens with one attached hydrogen (secondary N) is 1. The Balaban J connectivity index is 1.90. The fourth-order valence-electron chi connectivity index (χ4n) is 2.39. The Kier molecular flexibility index (Phi) is 5.78. The third kappa shape index (κ3) is 4.31. The zero-order valence-electron chi connectivity index (χ0n) is 12.7. The van der Waals surface area contributed by atoms with Crippen LogP contribution in [-0.4, -0.2) is 18.8 Å². The van der Waals surface area contributed by atoms with Crippen molar-refractivity contribution in [3.8, 4) is 5.75 Å². The molecule has 0 aromatic heterocycles. The molecule has 3 nitrogen and oxygen atoms in total. The highest BCUT2D eigenvalue weighted by Crippen LogP contribution is 2.18. The summed E-state index contributed by atoms with van der Waals surface area (Å²) in [6.07, 6.45) is 0.491. The molecule has 21 heavy (non-hydrogen) atoms. The minimum absolute atomic E-state index is 0.519. The van der Waals surface area contributed by atoms with Gasteiger partial charge in [-0.2, -0.15) is 0 Å². The molecule has 3 heteroatoms. The molecule has 0 bridgehead atoms. The van der Waals surface area contributed by atoms with E-state index in [0.717, 1.165) is 24.3 Å². The van der Waals surface area contributed by atoms with Crippen LogP contribution in [0.5, 0.6) is 5.75 Å². The number of benzene rings is 2.